The zero-order valence-electron chi connectivity index (χ0n) is 19.1. The Morgan fingerprint density at radius 2 is 1.79 bits per heavy atom. The zero-order chi connectivity index (χ0) is 23.5. The average molecular weight is 453 g/mol. The summed E-state index contributed by atoms with van der Waals surface area (Å²) in [6, 6.07) is 27.8. The number of para-hydroxylation sites is 1. The molecule has 1 aliphatic heterocycles. The summed E-state index contributed by atoms with van der Waals surface area (Å²) < 4.78 is 5.54. The topological polar surface area (TPSA) is 80.5 Å². The molecule has 1 aromatic heterocycles. The van der Waals surface area contributed by atoms with Crippen LogP contribution in [0.2, 0.25) is 0 Å². The van der Waals surface area contributed by atoms with E-state index in [0.29, 0.717) is 5.75 Å². The van der Waals surface area contributed by atoms with E-state index in [0.717, 1.165) is 40.9 Å². The van der Waals surface area contributed by atoms with Gasteiger partial charge >= 0.3 is 0 Å². The van der Waals surface area contributed by atoms with Gasteiger partial charge in [0.25, 0.3) is 5.91 Å². The van der Waals surface area contributed by atoms with Crippen molar-refractivity contribution in [1.82, 2.24) is 4.98 Å². The van der Waals surface area contributed by atoms with Crippen molar-refractivity contribution >= 4 is 28.3 Å². The van der Waals surface area contributed by atoms with Crippen molar-refractivity contribution in [3.8, 4) is 5.75 Å². The van der Waals surface area contributed by atoms with Gasteiger partial charge in [-0.1, -0.05) is 48.5 Å². The van der Waals surface area contributed by atoms with Gasteiger partial charge in [-0.15, -0.1) is 0 Å². The molecule has 0 radical (unpaired) electrons. The smallest absolute Gasteiger partial charge is 0.262 e. The molecule has 2 heterocycles. The quantitative estimate of drug-likeness (QED) is 0.438. The fourth-order valence-electron chi connectivity index (χ4n) is 4.61. The number of aromatic nitrogens is 1. The van der Waals surface area contributed by atoms with E-state index in [1.54, 1.807) is 0 Å². The molecule has 6 nitrogen and oxygen atoms in total. The molecule has 1 fully saturated rings. The van der Waals surface area contributed by atoms with Gasteiger partial charge in [0.1, 0.15) is 11.6 Å². The first-order valence-corrected chi connectivity index (χ1v) is 11.5. The lowest BCUT2D eigenvalue weighted by molar-refractivity contribution is -0.118. The average Bonchev–Trinajstić information content (AvgIpc) is 3.25. The molecule has 0 bridgehead atoms. The van der Waals surface area contributed by atoms with Gasteiger partial charge in [0.2, 0.25) is 0 Å². The third kappa shape index (κ3) is 4.58. The lowest BCUT2D eigenvalue weighted by Crippen LogP contribution is -2.32. The number of nitrogens with one attached hydrogen (secondary N) is 1. The molecule has 2 unspecified atom stereocenters. The fourth-order valence-corrected chi connectivity index (χ4v) is 4.61. The number of hydrogen-bond donors (Lipinski definition) is 2. The van der Waals surface area contributed by atoms with Crippen LogP contribution in [-0.4, -0.2) is 30.1 Å². The van der Waals surface area contributed by atoms with Crippen LogP contribution in [0.5, 0.6) is 5.75 Å². The molecule has 2 atom stereocenters. The number of nitrogens with zero attached hydrogens (tertiary/aromatic N) is 2. The number of fused-ring (bicyclic) bond motifs is 1. The molecule has 1 saturated heterocycles. The van der Waals surface area contributed by atoms with Crippen LogP contribution in [0.15, 0.2) is 84.9 Å². The summed E-state index contributed by atoms with van der Waals surface area (Å²) in [6.07, 6.45) is 0.925. The highest BCUT2D eigenvalue weighted by Gasteiger charge is 2.34. The summed E-state index contributed by atoms with van der Waals surface area (Å²) in [7, 11) is 0. The molecule has 5 rings (SSSR count). The number of carbonyl (C=O) groups excluding carboxylic acids is 1. The molecule has 0 spiro atoms. The number of ether oxygens (including phenoxy) is 1. The molecule has 6 heteroatoms. The van der Waals surface area contributed by atoms with Crippen LogP contribution in [0.3, 0.4) is 0 Å². The Hall–Kier alpha value is -3.90. The second-order valence-corrected chi connectivity index (χ2v) is 8.68. The molecule has 1 aliphatic rings. The van der Waals surface area contributed by atoms with Crippen molar-refractivity contribution in [3.05, 3.63) is 96.1 Å². The van der Waals surface area contributed by atoms with Gasteiger partial charge in [-0.25, -0.2) is 4.98 Å². The number of anilines is 2. The maximum Gasteiger partial charge on any atom is 0.262 e. The number of benzene rings is 3. The van der Waals surface area contributed by atoms with E-state index >= 15 is 0 Å². The highest BCUT2D eigenvalue weighted by atomic mass is 16.5. The van der Waals surface area contributed by atoms with Crippen molar-refractivity contribution < 1.29 is 9.53 Å². The summed E-state index contributed by atoms with van der Waals surface area (Å²) in [5.74, 6) is 1.39. The first-order chi connectivity index (χ1) is 16.6. The fraction of sp³-hybridized carbons (Fsp3) is 0.214. The predicted octanol–water partition coefficient (Wildman–Crippen LogP) is 4.84. The van der Waals surface area contributed by atoms with Crippen molar-refractivity contribution in [3.63, 3.8) is 0 Å². The number of carbonyl (C=O) groups is 1. The molecule has 4 aromatic rings. The standard InChI is InChI=1S/C28H28N4O2/c1-19-16-26(32-15-14-24(29)28(32)20-8-4-2-5-9-20)31-25-13-12-21(17-23(19)25)30-27(33)18-34-22-10-6-3-7-11-22/h2-13,16-17,24,28H,14-15,18,29H2,1H3,(H,30,33). The van der Waals surface area contributed by atoms with E-state index in [9.17, 15) is 4.79 Å². The monoisotopic (exact) mass is 452 g/mol. The van der Waals surface area contributed by atoms with E-state index in [-0.39, 0.29) is 24.6 Å². The Kier molecular flexibility index (Phi) is 6.14. The summed E-state index contributed by atoms with van der Waals surface area (Å²) in [6.45, 7) is 2.90. The van der Waals surface area contributed by atoms with Gasteiger partial charge in [0, 0.05) is 23.7 Å². The third-order valence-electron chi connectivity index (χ3n) is 6.28. The van der Waals surface area contributed by atoms with Crippen molar-refractivity contribution in [2.24, 2.45) is 5.73 Å². The summed E-state index contributed by atoms with van der Waals surface area (Å²) in [5, 5.41) is 3.92. The number of amides is 1. The number of nitrogens with two attached hydrogens (primary N) is 1. The first-order valence-electron chi connectivity index (χ1n) is 11.5. The lowest BCUT2D eigenvalue weighted by atomic mass is 10.0. The molecule has 34 heavy (non-hydrogen) atoms. The van der Waals surface area contributed by atoms with Crippen LogP contribution in [0.4, 0.5) is 11.5 Å². The van der Waals surface area contributed by atoms with Crippen LogP contribution >= 0.6 is 0 Å². The molecular formula is C28H28N4O2. The number of aryl methyl sites for hydroxylation is 1. The maximum atomic E-state index is 12.4. The minimum atomic E-state index is -0.206. The van der Waals surface area contributed by atoms with Gasteiger partial charge in [0.05, 0.1) is 11.6 Å². The predicted molar refractivity (Wildman–Crippen MR) is 136 cm³/mol. The van der Waals surface area contributed by atoms with E-state index < -0.39 is 0 Å². The third-order valence-corrected chi connectivity index (χ3v) is 6.28. The Balaban J connectivity index is 1.35. The second-order valence-electron chi connectivity index (χ2n) is 8.68. The Morgan fingerprint density at radius 1 is 1.06 bits per heavy atom. The molecule has 172 valence electrons. The van der Waals surface area contributed by atoms with Crippen molar-refractivity contribution in [2.45, 2.75) is 25.4 Å². The maximum absolute atomic E-state index is 12.4. The lowest BCUT2D eigenvalue weighted by Gasteiger charge is -2.29. The Bertz CT molecular complexity index is 1290. The zero-order valence-corrected chi connectivity index (χ0v) is 19.1. The molecular weight excluding hydrogens is 424 g/mol. The van der Waals surface area contributed by atoms with Crippen LogP contribution in [0.1, 0.15) is 23.6 Å². The summed E-state index contributed by atoms with van der Waals surface area (Å²) >= 11 is 0. The summed E-state index contributed by atoms with van der Waals surface area (Å²) in [5.41, 5.74) is 10.4. The Labute approximate surface area is 199 Å². The highest BCUT2D eigenvalue weighted by Crippen LogP contribution is 2.36. The van der Waals surface area contributed by atoms with Gasteiger partial charge < -0.3 is 20.7 Å². The van der Waals surface area contributed by atoms with E-state index in [1.165, 1.54) is 5.56 Å². The van der Waals surface area contributed by atoms with Gasteiger partial charge in [-0.2, -0.15) is 0 Å². The first kappa shape index (κ1) is 21.9. The highest BCUT2D eigenvalue weighted by molar-refractivity contribution is 5.95. The summed E-state index contributed by atoms with van der Waals surface area (Å²) in [4.78, 5) is 19.6. The Morgan fingerprint density at radius 3 is 2.56 bits per heavy atom. The van der Waals surface area contributed by atoms with Crippen molar-refractivity contribution in [2.75, 3.05) is 23.4 Å². The van der Waals surface area contributed by atoms with Gasteiger partial charge in [-0.05, 0) is 60.9 Å². The minimum absolute atomic E-state index is 0.0473. The van der Waals surface area contributed by atoms with E-state index in [2.05, 4.69) is 47.5 Å². The SMILES string of the molecule is Cc1cc(N2CCC(N)C2c2ccccc2)nc2ccc(NC(=O)COc3ccccc3)cc12. The number of hydrogen-bond acceptors (Lipinski definition) is 5. The van der Waals surface area contributed by atoms with Crippen LogP contribution in [-0.2, 0) is 4.79 Å². The van der Waals surface area contributed by atoms with Gasteiger partial charge in [-0.3, -0.25) is 4.79 Å². The van der Waals surface area contributed by atoms with Crippen LogP contribution < -0.4 is 20.7 Å². The van der Waals surface area contributed by atoms with Crippen molar-refractivity contribution in [1.29, 1.82) is 0 Å². The van der Waals surface area contributed by atoms with Crippen LogP contribution in [0, 0.1) is 6.92 Å². The molecule has 1 amide bonds. The normalized spacial score (nSPS) is 17.6. The van der Waals surface area contributed by atoms with Gasteiger partial charge in [0.15, 0.2) is 6.61 Å². The number of pyridine rings is 1. The molecule has 3 N–H and O–H groups in total. The molecule has 0 aliphatic carbocycles. The largest absolute Gasteiger partial charge is 0.484 e. The molecule has 3 aromatic carbocycles. The van der Waals surface area contributed by atoms with E-state index in [1.807, 2.05) is 54.6 Å². The van der Waals surface area contributed by atoms with Crippen LogP contribution in [0.25, 0.3) is 10.9 Å². The van der Waals surface area contributed by atoms with E-state index in [4.69, 9.17) is 15.5 Å². The minimum Gasteiger partial charge on any atom is -0.484 e. The number of rotatable bonds is 6. The second kappa shape index (κ2) is 9.53. The molecule has 0 saturated carbocycles.